The zero-order chi connectivity index (χ0) is 40.2. The molecule has 1 atom stereocenters. The van der Waals surface area contributed by atoms with E-state index in [1.165, 1.54) is 42.6 Å². The first-order chi connectivity index (χ1) is 28.6. The largest absolute Gasteiger partial charge is 0.371 e. The molecule has 2 spiro atoms. The highest BCUT2D eigenvalue weighted by Crippen LogP contribution is 2.54. The quantitative estimate of drug-likeness (QED) is 0.213. The Morgan fingerprint density at radius 3 is 2.32 bits per heavy atom. The van der Waals surface area contributed by atoms with Crippen molar-refractivity contribution >= 4 is 56.1 Å². The van der Waals surface area contributed by atoms with Crippen LogP contribution in [0.15, 0.2) is 63.9 Å². The average Bonchev–Trinajstić information content (AvgIpc) is 3.63. The molecule has 11 rings (SSSR count). The van der Waals surface area contributed by atoms with Crippen LogP contribution < -0.4 is 15.8 Å². The van der Waals surface area contributed by atoms with Gasteiger partial charge in [-0.3, -0.25) is 38.8 Å². The van der Waals surface area contributed by atoms with Crippen LogP contribution in [0.3, 0.4) is 0 Å². The first kappa shape index (κ1) is 37.3. The molecular weight excluding hydrogens is 808 g/mol. The zero-order valence-corrected chi connectivity index (χ0v) is 34.9. The molecule has 5 aliphatic heterocycles. The number of halogens is 1. The van der Waals surface area contributed by atoms with Gasteiger partial charge in [0.15, 0.2) is 0 Å². The maximum atomic E-state index is 13.5. The van der Waals surface area contributed by atoms with Crippen LogP contribution in [0.25, 0.3) is 16.6 Å². The second-order valence-corrected chi connectivity index (χ2v) is 19.5. The molecule has 3 saturated heterocycles. The molecule has 12 heteroatoms. The number of imide groups is 2. The number of hydrogen-bond acceptors (Lipinski definition) is 8. The van der Waals surface area contributed by atoms with Gasteiger partial charge in [-0.05, 0) is 152 Å². The average molecular weight is 858 g/mol. The number of piperidine rings is 3. The van der Waals surface area contributed by atoms with Gasteiger partial charge in [-0.1, -0.05) is 37.5 Å². The van der Waals surface area contributed by atoms with Gasteiger partial charge in [-0.15, -0.1) is 0 Å². The van der Waals surface area contributed by atoms with Crippen LogP contribution in [0, 0.1) is 11.3 Å². The number of benzene rings is 3. The monoisotopic (exact) mass is 856 g/mol. The SMILES string of the molecule is O=C1CCC(N2C(=O)c3ccc(N4CCC5(CC4)CC(CN4CCC(c6ccc7c(c6)C6(CCCCC6)c6nc(=O)c8c(Br)cccc8n6-7)CC4)C5)cc3C2=O)C(=O)N1. The maximum Gasteiger partial charge on any atom is 0.281 e. The topological polar surface area (TPSA) is 125 Å². The Kier molecular flexibility index (Phi) is 8.82. The number of amides is 4. The molecule has 304 valence electrons. The molecule has 7 aliphatic rings. The molecule has 1 N–H and O–H groups in total. The minimum absolute atomic E-state index is 0.109. The Morgan fingerprint density at radius 2 is 1.56 bits per heavy atom. The number of hydrogen-bond donors (Lipinski definition) is 1. The molecule has 11 nitrogen and oxygen atoms in total. The summed E-state index contributed by atoms with van der Waals surface area (Å²) in [5.74, 6) is 0.328. The molecule has 4 aromatic rings. The molecule has 2 aliphatic carbocycles. The lowest BCUT2D eigenvalue weighted by Gasteiger charge is -2.54. The van der Waals surface area contributed by atoms with E-state index in [4.69, 9.17) is 4.98 Å². The van der Waals surface area contributed by atoms with Gasteiger partial charge in [-0.25, -0.2) is 0 Å². The first-order valence-corrected chi connectivity index (χ1v) is 22.6. The highest BCUT2D eigenvalue weighted by molar-refractivity contribution is 9.10. The van der Waals surface area contributed by atoms with Crippen molar-refractivity contribution in [2.24, 2.45) is 11.3 Å². The van der Waals surface area contributed by atoms with Crippen molar-refractivity contribution in [2.45, 2.75) is 101 Å². The fraction of sp³-hybridized carbons (Fsp3) is 0.489. The molecule has 0 bridgehead atoms. The lowest BCUT2D eigenvalue weighted by atomic mass is 9.57. The predicted molar refractivity (Wildman–Crippen MR) is 227 cm³/mol. The third kappa shape index (κ3) is 5.90. The highest BCUT2D eigenvalue weighted by Gasteiger charge is 2.49. The van der Waals surface area contributed by atoms with Gasteiger partial charge >= 0.3 is 0 Å². The Labute approximate surface area is 351 Å². The van der Waals surface area contributed by atoms with Gasteiger partial charge in [-0.2, -0.15) is 4.98 Å². The maximum absolute atomic E-state index is 13.5. The molecular formula is C47H49BrN6O5. The summed E-state index contributed by atoms with van der Waals surface area (Å²) in [5, 5.41) is 2.93. The summed E-state index contributed by atoms with van der Waals surface area (Å²) in [4.78, 5) is 75.1. The van der Waals surface area contributed by atoms with E-state index in [1.807, 2.05) is 24.3 Å². The molecule has 59 heavy (non-hydrogen) atoms. The van der Waals surface area contributed by atoms with Gasteiger partial charge in [0.2, 0.25) is 11.8 Å². The van der Waals surface area contributed by atoms with E-state index in [2.05, 4.69) is 59.9 Å². The van der Waals surface area contributed by atoms with E-state index in [9.17, 15) is 24.0 Å². The number of anilines is 1. The summed E-state index contributed by atoms with van der Waals surface area (Å²) in [6.45, 7) is 5.26. The summed E-state index contributed by atoms with van der Waals surface area (Å²) in [5.41, 5.74) is 6.63. The number of carbonyl (C=O) groups is 4. The molecule has 4 amide bonds. The third-order valence-corrected chi connectivity index (χ3v) is 16.1. The fourth-order valence-corrected chi connectivity index (χ4v) is 12.9. The molecule has 5 fully saturated rings. The minimum atomic E-state index is -0.952. The summed E-state index contributed by atoms with van der Waals surface area (Å²) in [6.07, 6.45) is 13.0. The summed E-state index contributed by atoms with van der Waals surface area (Å²) >= 11 is 3.64. The number of nitrogens with one attached hydrogen (secondary N) is 1. The summed E-state index contributed by atoms with van der Waals surface area (Å²) in [6, 6.07) is 17.7. The Bertz CT molecular complexity index is 2520. The smallest absolute Gasteiger partial charge is 0.281 e. The van der Waals surface area contributed by atoms with E-state index in [1.54, 1.807) is 6.07 Å². The van der Waals surface area contributed by atoms with Crippen molar-refractivity contribution in [3.05, 3.63) is 97.5 Å². The third-order valence-electron chi connectivity index (χ3n) is 15.4. The van der Waals surface area contributed by atoms with E-state index < -0.39 is 23.8 Å². The number of aromatic nitrogens is 2. The van der Waals surface area contributed by atoms with Crippen molar-refractivity contribution in [3.63, 3.8) is 0 Å². The van der Waals surface area contributed by atoms with E-state index in [0.29, 0.717) is 27.8 Å². The van der Waals surface area contributed by atoms with Crippen LogP contribution in [0.5, 0.6) is 0 Å². The number of likely N-dealkylation sites (tertiary alicyclic amines) is 1. The number of rotatable bonds is 5. The van der Waals surface area contributed by atoms with Crippen LogP contribution in [0.1, 0.15) is 127 Å². The van der Waals surface area contributed by atoms with Crippen molar-refractivity contribution in [2.75, 3.05) is 37.6 Å². The van der Waals surface area contributed by atoms with Crippen LogP contribution in [-0.2, 0) is 15.0 Å². The standard InChI is InChI=1S/C47H49BrN6O5/c48-35-5-4-6-37-40(35)42(57)50-45-47(15-2-1-3-16-47)34-23-30(7-10-36(34)53(37)45)29-13-19-51(20-14-29)27-28-25-46(26-28)17-21-52(22-18-46)31-8-9-32-33(24-31)44(59)54(43(32)58)38-11-12-39(55)49-41(38)56/h4-10,23-24,28-29,38H,1-3,11-22,25-27H2,(H,49,55,56). The van der Waals surface area contributed by atoms with Crippen LogP contribution in [0.4, 0.5) is 5.69 Å². The Hall–Kier alpha value is -4.68. The van der Waals surface area contributed by atoms with Crippen LogP contribution in [0.2, 0.25) is 0 Å². The van der Waals surface area contributed by atoms with Gasteiger partial charge in [0.1, 0.15) is 11.9 Å². The molecule has 1 unspecified atom stereocenters. The van der Waals surface area contributed by atoms with Gasteiger partial charge in [0.25, 0.3) is 17.4 Å². The van der Waals surface area contributed by atoms with Gasteiger partial charge in [0.05, 0.1) is 33.1 Å². The van der Waals surface area contributed by atoms with Gasteiger partial charge in [0, 0.05) is 36.2 Å². The lowest BCUT2D eigenvalue weighted by Crippen LogP contribution is -2.54. The molecule has 1 aromatic heterocycles. The van der Waals surface area contributed by atoms with E-state index in [0.717, 1.165) is 110 Å². The zero-order valence-electron chi connectivity index (χ0n) is 33.3. The second-order valence-electron chi connectivity index (χ2n) is 18.6. The molecule has 0 radical (unpaired) electrons. The van der Waals surface area contributed by atoms with Crippen LogP contribution in [-0.4, -0.2) is 81.7 Å². The summed E-state index contributed by atoms with van der Waals surface area (Å²) in [7, 11) is 0. The number of fused-ring (bicyclic) bond motifs is 8. The fourth-order valence-electron chi connectivity index (χ4n) is 12.4. The molecule has 3 aromatic carbocycles. The number of carbonyl (C=O) groups excluding carboxylic acids is 4. The number of nitrogens with zero attached hydrogens (tertiary/aromatic N) is 5. The normalized spacial score (nSPS) is 24.1. The Morgan fingerprint density at radius 1 is 0.797 bits per heavy atom. The second kappa shape index (κ2) is 13.9. The van der Waals surface area contributed by atoms with E-state index >= 15 is 0 Å². The predicted octanol–water partition coefficient (Wildman–Crippen LogP) is 6.99. The van der Waals surface area contributed by atoms with Crippen molar-refractivity contribution < 1.29 is 19.2 Å². The highest BCUT2D eigenvalue weighted by atomic mass is 79.9. The van der Waals surface area contributed by atoms with Crippen molar-refractivity contribution in [3.8, 4) is 5.69 Å². The minimum Gasteiger partial charge on any atom is -0.371 e. The lowest BCUT2D eigenvalue weighted by molar-refractivity contribution is -0.136. The first-order valence-electron chi connectivity index (χ1n) is 21.8. The summed E-state index contributed by atoms with van der Waals surface area (Å²) < 4.78 is 3.09. The van der Waals surface area contributed by atoms with Gasteiger partial charge < -0.3 is 9.80 Å². The van der Waals surface area contributed by atoms with Crippen molar-refractivity contribution in [1.82, 2.24) is 24.7 Å². The molecule has 2 saturated carbocycles. The van der Waals surface area contributed by atoms with E-state index in [-0.39, 0.29) is 29.7 Å². The Balaban J connectivity index is 0.709. The van der Waals surface area contributed by atoms with Crippen LogP contribution >= 0.6 is 15.9 Å². The molecule has 6 heterocycles. The van der Waals surface area contributed by atoms with Crippen molar-refractivity contribution in [1.29, 1.82) is 0 Å².